The van der Waals surface area contributed by atoms with E-state index < -0.39 is 0 Å². The first-order valence-electron chi connectivity index (χ1n) is 8.66. The van der Waals surface area contributed by atoms with Crippen LogP contribution in [0.15, 0.2) is 59.4 Å². The molecule has 5 nitrogen and oxygen atoms in total. The predicted octanol–water partition coefficient (Wildman–Crippen LogP) is 3.86. The summed E-state index contributed by atoms with van der Waals surface area (Å²) in [6, 6.07) is 19.2. The number of hydrogen-bond donors (Lipinski definition) is 0. The van der Waals surface area contributed by atoms with E-state index in [1.165, 1.54) is 10.1 Å². The Kier molecular flexibility index (Phi) is 3.89. The number of nitrogens with zero attached hydrogens (tertiary/aromatic N) is 4. The number of benzene rings is 2. The Bertz CT molecular complexity index is 1250. The average Bonchev–Trinajstić information content (AvgIpc) is 3.03. The highest BCUT2D eigenvalue weighted by Gasteiger charge is 2.18. The molecule has 2 aromatic carbocycles. The van der Waals surface area contributed by atoms with Gasteiger partial charge in [-0.3, -0.25) is 4.79 Å². The Morgan fingerprint density at radius 3 is 2.22 bits per heavy atom. The lowest BCUT2D eigenvalue weighted by molar-refractivity contribution is 0.823. The van der Waals surface area contributed by atoms with Crippen LogP contribution in [0.2, 0.25) is 0 Å². The zero-order valence-electron chi connectivity index (χ0n) is 15.4. The summed E-state index contributed by atoms with van der Waals surface area (Å²) in [5, 5.41) is 13.5. The van der Waals surface area contributed by atoms with Crippen molar-refractivity contribution in [2.75, 3.05) is 0 Å². The van der Waals surface area contributed by atoms with E-state index in [0.29, 0.717) is 5.56 Å². The molecule has 0 atom stereocenters. The molecule has 5 heteroatoms. The van der Waals surface area contributed by atoms with E-state index in [4.69, 9.17) is 5.26 Å². The van der Waals surface area contributed by atoms with Gasteiger partial charge >= 0.3 is 0 Å². The lowest BCUT2D eigenvalue weighted by atomic mass is 10.0. The summed E-state index contributed by atoms with van der Waals surface area (Å²) in [5.74, 6) is 0. The molecule has 0 aliphatic rings. The van der Waals surface area contributed by atoms with Gasteiger partial charge in [0.05, 0.1) is 23.0 Å². The summed E-state index contributed by atoms with van der Waals surface area (Å²) < 4.78 is 3.44. The van der Waals surface area contributed by atoms with Crippen LogP contribution in [-0.4, -0.2) is 14.2 Å². The standard InChI is InChI=1S/C22H18N4O/c1-14-4-8-18(9-5-14)21-15(2)24-26-20(27)12-19(25(3)22(21)26)17-10-6-16(13-23)7-11-17/h4-12H,1-3H3. The van der Waals surface area contributed by atoms with E-state index in [9.17, 15) is 4.79 Å². The second kappa shape index (κ2) is 6.26. The highest BCUT2D eigenvalue weighted by molar-refractivity contribution is 5.81. The normalized spacial score (nSPS) is 10.9. The molecule has 0 unspecified atom stereocenters. The summed E-state index contributed by atoms with van der Waals surface area (Å²) in [6.45, 7) is 3.97. The van der Waals surface area contributed by atoms with E-state index in [0.717, 1.165) is 33.7 Å². The lowest BCUT2D eigenvalue weighted by Crippen LogP contribution is -2.18. The third-order valence-electron chi connectivity index (χ3n) is 4.83. The molecule has 4 aromatic rings. The Balaban J connectivity index is 2.02. The summed E-state index contributed by atoms with van der Waals surface area (Å²) in [4.78, 5) is 12.7. The molecule has 0 spiro atoms. The van der Waals surface area contributed by atoms with Gasteiger partial charge in [-0.05, 0) is 37.1 Å². The minimum Gasteiger partial charge on any atom is -0.328 e. The Hall–Kier alpha value is -3.65. The molecular formula is C22H18N4O. The molecule has 0 saturated heterocycles. The molecule has 0 N–H and O–H groups in total. The van der Waals surface area contributed by atoms with Gasteiger partial charge in [0.25, 0.3) is 5.56 Å². The van der Waals surface area contributed by atoms with E-state index >= 15 is 0 Å². The van der Waals surface area contributed by atoms with Crippen molar-refractivity contribution in [3.63, 3.8) is 0 Å². The minimum absolute atomic E-state index is 0.177. The predicted molar refractivity (Wildman–Crippen MR) is 105 cm³/mol. The first-order valence-corrected chi connectivity index (χ1v) is 8.66. The molecule has 132 valence electrons. The van der Waals surface area contributed by atoms with Gasteiger partial charge in [0, 0.05) is 18.7 Å². The monoisotopic (exact) mass is 354 g/mol. The molecule has 4 rings (SSSR count). The van der Waals surface area contributed by atoms with Crippen molar-refractivity contribution >= 4 is 5.65 Å². The number of hydrogen-bond acceptors (Lipinski definition) is 3. The molecule has 2 aromatic heterocycles. The van der Waals surface area contributed by atoms with E-state index in [-0.39, 0.29) is 5.56 Å². The van der Waals surface area contributed by atoms with Gasteiger partial charge < -0.3 is 4.57 Å². The molecule has 0 aliphatic carbocycles. The third kappa shape index (κ3) is 2.72. The van der Waals surface area contributed by atoms with Gasteiger partial charge in [0.1, 0.15) is 5.65 Å². The van der Waals surface area contributed by atoms with Crippen LogP contribution in [0.3, 0.4) is 0 Å². The van der Waals surface area contributed by atoms with Crippen LogP contribution in [0.25, 0.3) is 28.0 Å². The van der Waals surface area contributed by atoms with Gasteiger partial charge in [-0.1, -0.05) is 42.0 Å². The van der Waals surface area contributed by atoms with Crippen molar-refractivity contribution in [2.45, 2.75) is 13.8 Å². The fourth-order valence-electron chi connectivity index (χ4n) is 3.42. The maximum atomic E-state index is 12.7. The Labute approximate surface area is 156 Å². The Morgan fingerprint density at radius 1 is 0.963 bits per heavy atom. The largest absolute Gasteiger partial charge is 0.328 e. The van der Waals surface area contributed by atoms with Gasteiger partial charge in [0.15, 0.2) is 0 Å². The average molecular weight is 354 g/mol. The van der Waals surface area contributed by atoms with Crippen LogP contribution in [0.5, 0.6) is 0 Å². The van der Waals surface area contributed by atoms with E-state index in [1.807, 2.05) is 37.6 Å². The molecule has 27 heavy (non-hydrogen) atoms. The maximum Gasteiger partial charge on any atom is 0.274 e. The third-order valence-corrected chi connectivity index (χ3v) is 4.83. The number of rotatable bonds is 2. The van der Waals surface area contributed by atoms with Crippen LogP contribution in [0, 0.1) is 25.2 Å². The minimum atomic E-state index is -0.177. The van der Waals surface area contributed by atoms with Crippen molar-refractivity contribution in [1.29, 1.82) is 5.26 Å². The van der Waals surface area contributed by atoms with Gasteiger partial charge in [-0.2, -0.15) is 14.9 Å². The topological polar surface area (TPSA) is 63.1 Å². The highest BCUT2D eigenvalue weighted by Crippen LogP contribution is 2.30. The van der Waals surface area contributed by atoms with Crippen LogP contribution >= 0.6 is 0 Å². The van der Waals surface area contributed by atoms with Crippen LogP contribution in [-0.2, 0) is 7.05 Å². The molecule has 0 amide bonds. The first kappa shape index (κ1) is 16.8. The second-order valence-corrected chi connectivity index (χ2v) is 6.68. The van der Waals surface area contributed by atoms with Gasteiger partial charge in [-0.15, -0.1) is 0 Å². The van der Waals surface area contributed by atoms with Crippen molar-refractivity contribution in [2.24, 2.45) is 7.05 Å². The number of aromatic nitrogens is 3. The van der Waals surface area contributed by atoms with Crippen molar-refractivity contribution < 1.29 is 0 Å². The summed E-state index contributed by atoms with van der Waals surface area (Å²) in [7, 11) is 1.93. The molecule has 0 saturated carbocycles. The molecule has 0 radical (unpaired) electrons. The van der Waals surface area contributed by atoms with Crippen molar-refractivity contribution in [3.8, 4) is 28.5 Å². The fourth-order valence-corrected chi connectivity index (χ4v) is 3.42. The van der Waals surface area contributed by atoms with Crippen molar-refractivity contribution in [3.05, 3.63) is 81.8 Å². The van der Waals surface area contributed by atoms with Crippen LogP contribution in [0.1, 0.15) is 16.8 Å². The smallest absolute Gasteiger partial charge is 0.274 e. The van der Waals surface area contributed by atoms with Crippen LogP contribution in [0.4, 0.5) is 0 Å². The van der Waals surface area contributed by atoms with Gasteiger partial charge in [0.2, 0.25) is 0 Å². The number of fused-ring (bicyclic) bond motifs is 1. The number of nitriles is 1. The number of aryl methyl sites for hydroxylation is 3. The molecule has 0 bridgehead atoms. The molecular weight excluding hydrogens is 336 g/mol. The molecule has 2 heterocycles. The van der Waals surface area contributed by atoms with Crippen LogP contribution < -0.4 is 5.56 Å². The fraction of sp³-hybridized carbons (Fsp3) is 0.136. The Morgan fingerprint density at radius 2 is 1.59 bits per heavy atom. The van der Waals surface area contributed by atoms with E-state index in [1.54, 1.807) is 18.2 Å². The van der Waals surface area contributed by atoms with Gasteiger partial charge in [-0.25, -0.2) is 0 Å². The maximum absolute atomic E-state index is 12.7. The zero-order chi connectivity index (χ0) is 19.1. The van der Waals surface area contributed by atoms with Crippen molar-refractivity contribution in [1.82, 2.24) is 14.2 Å². The zero-order valence-corrected chi connectivity index (χ0v) is 15.4. The second-order valence-electron chi connectivity index (χ2n) is 6.68. The summed E-state index contributed by atoms with van der Waals surface area (Å²) in [5.41, 5.74) is 6.79. The highest BCUT2D eigenvalue weighted by atomic mass is 16.1. The summed E-state index contributed by atoms with van der Waals surface area (Å²) >= 11 is 0. The molecule has 0 aliphatic heterocycles. The quantitative estimate of drug-likeness (QED) is 0.549. The lowest BCUT2D eigenvalue weighted by Gasteiger charge is -2.12. The first-order chi connectivity index (χ1) is 13.0. The molecule has 0 fully saturated rings. The van der Waals surface area contributed by atoms with E-state index in [2.05, 4.69) is 35.4 Å². The SMILES string of the molecule is Cc1ccc(-c2c(C)nn3c(=O)cc(-c4ccc(C#N)cc4)n(C)c23)cc1. The summed E-state index contributed by atoms with van der Waals surface area (Å²) in [6.07, 6.45) is 0.